The molecule has 178 valence electrons. The fourth-order valence-corrected chi connectivity index (χ4v) is 3.85. The number of halogens is 1. The first-order valence-corrected chi connectivity index (χ1v) is 11.3. The van der Waals surface area contributed by atoms with Crippen molar-refractivity contribution in [2.24, 2.45) is 0 Å². The smallest absolute Gasteiger partial charge is 0.305 e. The molecule has 0 bridgehead atoms. The van der Waals surface area contributed by atoms with Gasteiger partial charge in [0.25, 0.3) is 0 Å². The van der Waals surface area contributed by atoms with Crippen molar-refractivity contribution in [3.63, 3.8) is 0 Å². The molecular formula is C28H30FNO4. The summed E-state index contributed by atoms with van der Waals surface area (Å²) in [5.74, 6) is -1.36. The largest absolute Gasteiger partial charge is 0.481 e. The van der Waals surface area contributed by atoms with Gasteiger partial charge in [-0.1, -0.05) is 62.4 Å². The summed E-state index contributed by atoms with van der Waals surface area (Å²) in [5.41, 5.74) is 5.53. The zero-order chi connectivity index (χ0) is 24.8. The fraction of sp³-hybridized carbons (Fsp3) is 0.286. The molecule has 6 heteroatoms. The van der Waals surface area contributed by atoms with Crippen molar-refractivity contribution >= 4 is 12.0 Å². The zero-order valence-corrected chi connectivity index (χ0v) is 19.6. The minimum Gasteiger partial charge on any atom is -0.481 e. The number of carboxylic acids is 1. The van der Waals surface area contributed by atoms with Gasteiger partial charge in [-0.3, -0.25) is 9.78 Å². The second-order valence-electron chi connectivity index (χ2n) is 8.75. The van der Waals surface area contributed by atoms with Crippen molar-refractivity contribution < 1.29 is 24.5 Å². The quantitative estimate of drug-likeness (QED) is 0.385. The summed E-state index contributed by atoms with van der Waals surface area (Å²) in [5, 5.41) is 29.1. The maximum Gasteiger partial charge on any atom is 0.305 e. The van der Waals surface area contributed by atoms with Crippen LogP contribution in [0.5, 0.6) is 0 Å². The molecule has 0 unspecified atom stereocenters. The van der Waals surface area contributed by atoms with Gasteiger partial charge in [0.2, 0.25) is 0 Å². The first-order valence-electron chi connectivity index (χ1n) is 11.3. The number of aryl methyl sites for hydroxylation is 1. The Kier molecular flexibility index (Phi) is 8.31. The van der Waals surface area contributed by atoms with Crippen molar-refractivity contribution in [2.75, 3.05) is 0 Å². The lowest BCUT2D eigenvalue weighted by Gasteiger charge is -2.18. The van der Waals surface area contributed by atoms with Gasteiger partial charge >= 0.3 is 5.97 Å². The van der Waals surface area contributed by atoms with E-state index in [0.717, 1.165) is 33.6 Å². The van der Waals surface area contributed by atoms with E-state index in [-0.39, 0.29) is 18.2 Å². The van der Waals surface area contributed by atoms with E-state index in [1.54, 1.807) is 25.1 Å². The highest BCUT2D eigenvalue weighted by Crippen LogP contribution is 2.35. The van der Waals surface area contributed by atoms with Gasteiger partial charge in [-0.2, -0.15) is 0 Å². The predicted octanol–water partition coefficient (Wildman–Crippen LogP) is 5.59. The predicted molar refractivity (Wildman–Crippen MR) is 132 cm³/mol. The maximum absolute atomic E-state index is 14.0. The molecule has 3 aromatic rings. The van der Waals surface area contributed by atoms with Crippen LogP contribution < -0.4 is 0 Å². The summed E-state index contributed by atoms with van der Waals surface area (Å²) in [6.07, 6.45) is 0.570. The number of pyridine rings is 1. The molecule has 1 heterocycles. The Balaban J connectivity index is 2.12. The van der Waals surface area contributed by atoms with Crippen LogP contribution in [0.25, 0.3) is 28.5 Å². The monoisotopic (exact) mass is 463 g/mol. The number of carboxylic acid groups (broad SMARTS) is 1. The van der Waals surface area contributed by atoms with Crippen LogP contribution in [-0.4, -0.2) is 38.5 Å². The van der Waals surface area contributed by atoms with Gasteiger partial charge in [0, 0.05) is 17.5 Å². The van der Waals surface area contributed by atoms with Crippen molar-refractivity contribution in [1.29, 1.82) is 0 Å². The average molecular weight is 464 g/mol. The zero-order valence-electron chi connectivity index (χ0n) is 19.6. The number of benzene rings is 2. The topological polar surface area (TPSA) is 90.7 Å². The number of nitrogens with zero attached hydrogens (tertiary/aromatic N) is 1. The molecule has 3 rings (SSSR count). The van der Waals surface area contributed by atoms with Gasteiger partial charge in [-0.25, -0.2) is 4.39 Å². The van der Waals surface area contributed by atoms with Gasteiger partial charge in [0.05, 0.1) is 30.0 Å². The lowest BCUT2D eigenvalue weighted by molar-refractivity contribution is -0.139. The van der Waals surface area contributed by atoms with Crippen LogP contribution in [0.1, 0.15) is 49.4 Å². The summed E-state index contributed by atoms with van der Waals surface area (Å²) < 4.78 is 14.0. The highest BCUT2D eigenvalue weighted by molar-refractivity contribution is 5.81. The fourth-order valence-electron chi connectivity index (χ4n) is 3.85. The number of hydrogen-bond donors (Lipinski definition) is 3. The molecule has 3 N–H and O–H groups in total. The van der Waals surface area contributed by atoms with Gasteiger partial charge in [0.1, 0.15) is 5.82 Å². The van der Waals surface area contributed by atoms with E-state index in [1.807, 2.05) is 50.2 Å². The lowest BCUT2D eigenvalue weighted by Crippen LogP contribution is -2.19. The Morgan fingerprint density at radius 2 is 1.76 bits per heavy atom. The van der Waals surface area contributed by atoms with Crippen LogP contribution in [0.2, 0.25) is 0 Å². The molecular weight excluding hydrogens is 433 g/mol. The van der Waals surface area contributed by atoms with Crippen molar-refractivity contribution in [3.8, 4) is 22.4 Å². The molecule has 0 radical (unpaired) electrons. The van der Waals surface area contributed by atoms with Crippen LogP contribution in [0.3, 0.4) is 0 Å². The van der Waals surface area contributed by atoms with Crippen LogP contribution in [-0.2, 0) is 4.79 Å². The molecule has 0 aliphatic rings. The van der Waals surface area contributed by atoms with E-state index in [0.29, 0.717) is 5.56 Å². The summed E-state index contributed by atoms with van der Waals surface area (Å²) in [6.45, 7) is 5.77. The molecule has 0 saturated heterocycles. The molecule has 2 aromatic carbocycles. The third kappa shape index (κ3) is 6.37. The second-order valence-corrected chi connectivity index (χ2v) is 8.75. The van der Waals surface area contributed by atoms with Crippen LogP contribution >= 0.6 is 0 Å². The van der Waals surface area contributed by atoms with E-state index >= 15 is 0 Å². The van der Waals surface area contributed by atoms with Gasteiger partial charge in [0.15, 0.2) is 0 Å². The molecule has 0 fully saturated rings. The Morgan fingerprint density at radius 1 is 1.06 bits per heavy atom. The standard InChI is InChI=1S/C28H30FNO4/c1-17(2)28-23(11-10-21(31)14-22(32)15-27(33)34)24(20-9-12-25(29)18(3)13-20)16-26(30-28)19-7-5-4-6-8-19/h4-13,16-17,21-22,31-32H,14-15H2,1-3H3,(H,33,34)/b11-10+/t21-,22-/m1/s1. The molecule has 0 aliphatic heterocycles. The molecule has 0 spiro atoms. The van der Waals surface area contributed by atoms with Gasteiger partial charge in [-0.15, -0.1) is 0 Å². The SMILES string of the molecule is Cc1cc(-c2cc(-c3ccccc3)nc(C(C)C)c2/C=C/[C@@H](O)C[C@@H](O)CC(=O)O)ccc1F. The van der Waals surface area contributed by atoms with E-state index in [1.165, 1.54) is 12.1 Å². The van der Waals surface area contributed by atoms with E-state index in [2.05, 4.69) is 0 Å². The number of rotatable bonds is 9. The van der Waals surface area contributed by atoms with E-state index < -0.39 is 24.6 Å². The van der Waals surface area contributed by atoms with Gasteiger partial charge < -0.3 is 15.3 Å². The summed E-state index contributed by atoms with van der Waals surface area (Å²) in [4.78, 5) is 15.7. The number of aliphatic hydroxyl groups is 2. The number of aliphatic hydroxyl groups excluding tert-OH is 2. The molecule has 5 nitrogen and oxygen atoms in total. The number of aliphatic carboxylic acids is 1. The Labute approximate surface area is 199 Å². The molecule has 0 aliphatic carbocycles. The molecule has 2 atom stereocenters. The van der Waals surface area contributed by atoms with Crippen molar-refractivity contribution in [2.45, 2.75) is 51.7 Å². The Morgan fingerprint density at radius 3 is 2.38 bits per heavy atom. The molecule has 1 aromatic heterocycles. The average Bonchev–Trinajstić information content (AvgIpc) is 2.79. The minimum absolute atomic E-state index is 0.0540. The molecule has 0 amide bonds. The third-order valence-corrected chi connectivity index (χ3v) is 5.58. The van der Waals surface area contributed by atoms with E-state index in [9.17, 15) is 19.4 Å². The minimum atomic E-state index is -1.15. The van der Waals surface area contributed by atoms with Crippen LogP contribution in [0.4, 0.5) is 4.39 Å². The number of carbonyl (C=O) groups is 1. The first-order chi connectivity index (χ1) is 16.2. The highest BCUT2D eigenvalue weighted by atomic mass is 19.1. The normalized spacial score (nSPS) is 13.4. The van der Waals surface area contributed by atoms with Crippen LogP contribution in [0.15, 0.2) is 60.7 Å². The van der Waals surface area contributed by atoms with Gasteiger partial charge in [-0.05, 0) is 47.7 Å². The summed E-state index contributed by atoms with van der Waals surface area (Å²) >= 11 is 0. The lowest BCUT2D eigenvalue weighted by atomic mass is 9.91. The van der Waals surface area contributed by atoms with Crippen molar-refractivity contribution in [3.05, 3.63) is 83.3 Å². The first kappa shape index (κ1) is 25.3. The summed E-state index contributed by atoms with van der Waals surface area (Å²) in [7, 11) is 0. The Bertz CT molecular complexity index is 1170. The van der Waals surface area contributed by atoms with Crippen LogP contribution in [0, 0.1) is 12.7 Å². The molecule has 0 saturated carbocycles. The summed E-state index contributed by atoms with van der Waals surface area (Å²) in [6, 6.07) is 16.7. The highest BCUT2D eigenvalue weighted by Gasteiger charge is 2.18. The van der Waals surface area contributed by atoms with E-state index in [4.69, 9.17) is 10.1 Å². The van der Waals surface area contributed by atoms with Crippen molar-refractivity contribution in [1.82, 2.24) is 4.98 Å². The Hall–Kier alpha value is -3.35. The third-order valence-electron chi connectivity index (χ3n) is 5.58. The maximum atomic E-state index is 14.0. The number of aromatic nitrogens is 1. The molecule has 34 heavy (non-hydrogen) atoms. The number of hydrogen-bond acceptors (Lipinski definition) is 4. The second kappa shape index (κ2) is 11.2.